The number of para-hydroxylation sites is 1. The first-order valence-corrected chi connectivity index (χ1v) is 11.1. The largest absolute Gasteiger partial charge is 0.496 e. The van der Waals surface area contributed by atoms with Crippen LogP contribution in [0, 0.1) is 0 Å². The number of halogens is 1. The average molecular weight is 465 g/mol. The highest BCUT2D eigenvalue weighted by molar-refractivity contribution is 6.30. The second-order valence-corrected chi connectivity index (χ2v) is 8.23. The molecule has 0 aromatic heterocycles. The molecule has 1 unspecified atom stereocenters. The monoisotopic (exact) mass is 464 g/mol. The lowest BCUT2D eigenvalue weighted by Gasteiger charge is -2.38. The van der Waals surface area contributed by atoms with Crippen molar-refractivity contribution in [2.45, 2.75) is 25.9 Å². The molecule has 0 spiro atoms. The summed E-state index contributed by atoms with van der Waals surface area (Å²) < 4.78 is 10.9. The van der Waals surface area contributed by atoms with E-state index in [0.29, 0.717) is 35.2 Å². The van der Waals surface area contributed by atoms with E-state index >= 15 is 0 Å². The van der Waals surface area contributed by atoms with Gasteiger partial charge in [-0.15, -0.1) is 0 Å². The summed E-state index contributed by atoms with van der Waals surface area (Å²) in [5, 5.41) is 3.51. The Morgan fingerprint density at radius 1 is 1.03 bits per heavy atom. The van der Waals surface area contributed by atoms with E-state index in [2.05, 4.69) is 11.4 Å². The minimum Gasteiger partial charge on any atom is -0.496 e. The molecule has 1 heterocycles. The summed E-state index contributed by atoms with van der Waals surface area (Å²) in [4.78, 5) is 26.9. The van der Waals surface area contributed by atoms with Gasteiger partial charge < -0.3 is 19.7 Å². The van der Waals surface area contributed by atoms with Crippen LogP contribution in [0.3, 0.4) is 0 Å². The van der Waals surface area contributed by atoms with Crippen LogP contribution in [0.2, 0.25) is 5.02 Å². The number of rotatable bonds is 5. The van der Waals surface area contributed by atoms with Gasteiger partial charge in [0.1, 0.15) is 11.5 Å². The minimum atomic E-state index is -0.458. The highest BCUT2D eigenvalue weighted by atomic mass is 35.5. The molecule has 0 aliphatic carbocycles. The number of nitrogens with one attached hydrogen (secondary N) is 1. The molecule has 0 fully saturated rings. The molecule has 170 valence electrons. The van der Waals surface area contributed by atoms with E-state index in [0.717, 1.165) is 23.1 Å². The Hall–Kier alpha value is -3.51. The minimum absolute atomic E-state index is 0.228. The van der Waals surface area contributed by atoms with E-state index < -0.39 is 12.0 Å². The third-order valence-electron chi connectivity index (χ3n) is 5.69. The van der Waals surface area contributed by atoms with Crippen LogP contribution >= 0.6 is 11.6 Å². The molecule has 1 N–H and O–H groups in total. The van der Waals surface area contributed by atoms with Crippen molar-refractivity contribution in [1.29, 1.82) is 0 Å². The molecule has 4 rings (SSSR count). The van der Waals surface area contributed by atoms with Gasteiger partial charge in [-0.25, -0.2) is 4.79 Å². The van der Waals surface area contributed by atoms with Crippen LogP contribution in [0.15, 0.2) is 66.7 Å². The molecule has 1 aliphatic rings. The van der Waals surface area contributed by atoms with Crippen LogP contribution < -0.4 is 14.8 Å². The summed E-state index contributed by atoms with van der Waals surface area (Å²) in [6.45, 7) is 2.18. The Labute approximate surface area is 198 Å². The molecule has 1 atom stereocenters. The van der Waals surface area contributed by atoms with Crippen LogP contribution in [0.25, 0.3) is 0 Å². The lowest BCUT2D eigenvalue weighted by atomic mass is 9.88. The standard InChI is InChI=1S/C26H25ClN2O4/c1-17(30)33-24-12-11-20(27)15-22(24)25-21-9-5-3-7-18(21)13-14-29(25)26(31)28-16-19-8-4-6-10-23(19)32-2/h3-12,15,25H,13-14,16H2,1-2H3,(H,28,31). The zero-order chi connectivity index (χ0) is 23.4. The number of fused-ring (bicyclic) bond motifs is 1. The number of esters is 1. The molecule has 3 aromatic rings. The fourth-order valence-electron chi connectivity index (χ4n) is 4.22. The number of urea groups is 1. The molecule has 0 radical (unpaired) electrons. The van der Waals surface area contributed by atoms with E-state index in [1.807, 2.05) is 42.5 Å². The summed E-state index contributed by atoms with van der Waals surface area (Å²) in [5.74, 6) is 0.663. The topological polar surface area (TPSA) is 67.9 Å². The summed E-state index contributed by atoms with van der Waals surface area (Å²) in [6.07, 6.45) is 0.720. The fourth-order valence-corrected chi connectivity index (χ4v) is 4.40. The number of nitrogens with zero attached hydrogens (tertiary/aromatic N) is 1. The Balaban J connectivity index is 1.70. The van der Waals surface area contributed by atoms with Gasteiger partial charge in [0, 0.05) is 36.2 Å². The van der Waals surface area contributed by atoms with E-state index in [1.54, 1.807) is 30.2 Å². The van der Waals surface area contributed by atoms with Gasteiger partial charge in [-0.3, -0.25) is 4.79 Å². The zero-order valence-electron chi connectivity index (χ0n) is 18.5. The number of hydrogen-bond acceptors (Lipinski definition) is 4. The summed E-state index contributed by atoms with van der Waals surface area (Å²) in [7, 11) is 1.61. The number of methoxy groups -OCH3 is 1. The molecular formula is C26H25ClN2O4. The van der Waals surface area contributed by atoms with Crippen LogP contribution in [-0.2, 0) is 17.8 Å². The number of carbonyl (C=O) groups is 2. The highest BCUT2D eigenvalue weighted by Crippen LogP contribution is 2.40. The van der Waals surface area contributed by atoms with Gasteiger partial charge in [-0.1, -0.05) is 54.1 Å². The first-order valence-electron chi connectivity index (χ1n) is 10.7. The maximum Gasteiger partial charge on any atom is 0.318 e. The van der Waals surface area contributed by atoms with Crippen molar-refractivity contribution in [1.82, 2.24) is 10.2 Å². The number of ether oxygens (including phenoxy) is 2. The van der Waals surface area contributed by atoms with Gasteiger partial charge in [-0.2, -0.15) is 0 Å². The van der Waals surface area contributed by atoms with Crippen molar-refractivity contribution in [3.05, 3.63) is 94.0 Å². The van der Waals surface area contributed by atoms with Crippen molar-refractivity contribution in [2.24, 2.45) is 0 Å². The fraction of sp³-hybridized carbons (Fsp3) is 0.231. The predicted octanol–water partition coefficient (Wildman–Crippen LogP) is 5.13. The molecule has 1 aliphatic heterocycles. The molecule has 3 aromatic carbocycles. The van der Waals surface area contributed by atoms with Crippen LogP contribution in [0.4, 0.5) is 4.79 Å². The summed E-state index contributed by atoms with van der Waals surface area (Å²) >= 11 is 6.33. The van der Waals surface area contributed by atoms with Crippen LogP contribution in [0.1, 0.15) is 35.2 Å². The van der Waals surface area contributed by atoms with Crippen molar-refractivity contribution >= 4 is 23.6 Å². The van der Waals surface area contributed by atoms with E-state index in [4.69, 9.17) is 21.1 Å². The Morgan fingerprint density at radius 3 is 2.58 bits per heavy atom. The molecule has 0 bridgehead atoms. The quantitative estimate of drug-likeness (QED) is 0.420. The Morgan fingerprint density at radius 2 is 1.79 bits per heavy atom. The van der Waals surface area contributed by atoms with E-state index in [-0.39, 0.29) is 6.03 Å². The van der Waals surface area contributed by atoms with Crippen molar-refractivity contribution in [3.63, 3.8) is 0 Å². The first-order chi connectivity index (χ1) is 16.0. The van der Waals surface area contributed by atoms with Gasteiger partial charge in [0.05, 0.1) is 13.2 Å². The van der Waals surface area contributed by atoms with Gasteiger partial charge >= 0.3 is 12.0 Å². The molecule has 0 saturated carbocycles. The zero-order valence-corrected chi connectivity index (χ0v) is 19.3. The lowest BCUT2D eigenvalue weighted by Crippen LogP contribution is -2.46. The molecular weight excluding hydrogens is 440 g/mol. The molecule has 6 nitrogen and oxygen atoms in total. The van der Waals surface area contributed by atoms with Gasteiger partial charge in [-0.05, 0) is 41.8 Å². The predicted molar refractivity (Wildman–Crippen MR) is 127 cm³/mol. The third-order valence-corrected chi connectivity index (χ3v) is 5.92. The normalized spacial score (nSPS) is 14.9. The number of hydrogen-bond donors (Lipinski definition) is 1. The van der Waals surface area contributed by atoms with Crippen molar-refractivity contribution in [3.8, 4) is 11.5 Å². The molecule has 2 amide bonds. The summed E-state index contributed by atoms with van der Waals surface area (Å²) in [5.41, 5.74) is 3.67. The summed E-state index contributed by atoms with van der Waals surface area (Å²) in [6, 6.07) is 20.0. The van der Waals surface area contributed by atoms with Gasteiger partial charge in [0.25, 0.3) is 0 Å². The van der Waals surface area contributed by atoms with Gasteiger partial charge in [0.2, 0.25) is 0 Å². The number of carbonyl (C=O) groups excluding carboxylic acids is 2. The number of amides is 2. The molecule has 33 heavy (non-hydrogen) atoms. The van der Waals surface area contributed by atoms with Crippen molar-refractivity contribution < 1.29 is 19.1 Å². The molecule has 7 heteroatoms. The average Bonchev–Trinajstić information content (AvgIpc) is 2.82. The number of benzene rings is 3. The van der Waals surface area contributed by atoms with Crippen LogP contribution in [0.5, 0.6) is 11.5 Å². The highest BCUT2D eigenvalue weighted by Gasteiger charge is 2.34. The van der Waals surface area contributed by atoms with Crippen molar-refractivity contribution in [2.75, 3.05) is 13.7 Å². The maximum atomic E-state index is 13.4. The second-order valence-electron chi connectivity index (χ2n) is 7.79. The van der Waals surface area contributed by atoms with E-state index in [1.165, 1.54) is 6.92 Å². The van der Waals surface area contributed by atoms with E-state index in [9.17, 15) is 9.59 Å². The Kier molecular flexibility index (Phi) is 6.84. The maximum absolute atomic E-state index is 13.4. The lowest BCUT2D eigenvalue weighted by molar-refractivity contribution is -0.131. The SMILES string of the molecule is COc1ccccc1CNC(=O)N1CCc2ccccc2C1c1cc(Cl)ccc1OC(C)=O. The Bertz CT molecular complexity index is 1180. The van der Waals surface area contributed by atoms with Crippen LogP contribution in [-0.4, -0.2) is 30.6 Å². The van der Waals surface area contributed by atoms with Gasteiger partial charge in [0.15, 0.2) is 0 Å². The first kappa shape index (κ1) is 22.7. The molecule has 0 saturated heterocycles. The second kappa shape index (κ2) is 9.96. The third kappa shape index (κ3) is 4.96. The smallest absolute Gasteiger partial charge is 0.318 e.